The molecule has 0 bridgehead atoms. The van der Waals surface area contributed by atoms with Crippen LogP contribution in [0.4, 0.5) is 11.4 Å². The number of benzene rings is 1. The molecule has 3 N–H and O–H groups in total. The first kappa shape index (κ1) is 14.1. The summed E-state index contributed by atoms with van der Waals surface area (Å²) in [5.41, 5.74) is 2.78. The van der Waals surface area contributed by atoms with Gasteiger partial charge >= 0.3 is 0 Å². The van der Waals surface area contributed by atoms with Crippen molar-refractivity contribution in [2.45, 2.75) is 32.1 Å². The molecule has 2 aliphatic heterocycles. The predicted molar refractivity (Wildman–Crippen MR) is 82.2 cm³/mol. The molecular formula is C16H21N3O2. The van der Waals surface area contributed by atoms with Crippen molar-refractivity contribution in [3.8, 4) is 0 Å². The molecule has 0 spiro atoms. The lowest BCUT2D eigenvalue weighted by molar-refractivity contribution is -0.117. The molecule has 2 heterocycles. The molecule has 21 heavy (non-hydrogen) atoms. The van der Waals surface area contributed by atoms with Crippen LogP contribution in [0.25, 0.3) is 0 Å². The molecule has 112 valence electrons. The summed E-state index contributed by atoms with van der Waals surface area (Å²) in [5, 5.41) is 9.14. The molecule has 0 radical (unpaired) electrons. The van der Waals surface area contributed by atoms with Gasteiger partial charge < -0.3 is 16.0 Å². The highest BCUT2D eigenvalue weighted by atomic mass is 16.2. The van der Waals surface area contributed by atoms with E-state index >= 15 is 0 Å². The van der Waals surface area contributed by atoms with Crippen LogP contribution in [0.1, 0.15) is 31.2 Å². The number of nitrogens with one attached hydrogen (secondary N) is 3. The molecule has 1 aromatic carbocycles. The Morgan fingerprint density at radius 1 is 1.24 bits per heavy atom. The maximum absolute atomic E-state index is 12.1. The van der Waals surface area contributed by atoms with E-state index in [1.807, 2.05) is 18.2 Å². The monoisotopic (exact) mass is 287 g/mol. The summed E-state index contributed by atoms with van der Waals surface area (Å²) in [4.78, 5) is 23.4. The summed E-state index contributed by atoms with van der Waals surface area (Å²) in [6, 6.07) is 5.69. The maximum atomic E-state index is 12.1. The molecule has 0 saturated carbocycles. The Labute approximate surface area is 124 Å². The summed E-state index contributed by atoms with van der Waals surface area (Å²) in [5.74, 6) is 0.634. The van der Waals surface area contributed by atoms with Gasteiger partial charge in [-0.1, -0.05) is 0 Å². The molecular weight excluding hydrogens is 266 g/mol. The van der Waals surface area contributed by atoms with E-state index in [9.17, 15) is 9.59 Å². The Balaban J connectivity index is 1.59. The minimum absolute atomic E-state index is 0.0604. The second-order valence-electron chi connectivity index (χ2n) is 5.87. The fourth-order valence-electron chi connectivity index (χ4n) is 3.02. The number of anilines is 2. The van der Waals surface area contributed by atoms with Crippen LogP contribution >= 0.6 is 0 Å². The van der Waals surface area contributed by atoms with Crippen molar-refractivity contribution in [1.82, 2.24) is 5.32 Å². The van der Waals surface area contributed by atoms with Gasteiger partial charge in [0.2, 0.25) is 11.8 Å². The van der Waals surface area contributed by atoms with Gasteiger partial charge in [0.1, 0.15) is 0 Å². The third-order valence-corrected chi connectivity index (χ3v) is 4.22. The third kappa shape index (κ3) is 3.61. The van der Waals surface area contributed by atoms with E-state index in [0.29, 0.717) is 18.8 Å². The molecule has 2 amide bonds. The fourth-order valence-corrected chi connectivity index (χ4v) is 3.02. The van der Waals surface area contributed by atoms with Crippen LogP contribution in [-0.2, 0) is 16.0 Å². The summed E-state index contributed by atoms with van der Waals surface area (Å²) in [7, 11) is 0. The fraction of sp³-hybridized carbons (Fsp3) is 0.500. The van der Waals surface area contributed by atoms with Crippen LogP contribution in [0.2, 0.25) is 0 Å². The SMILES string of the molecule is O=C(CC1CCNCC1)Nc1ccc2c(c1)CCC(=O)N2. The van der Waals surface area contributed by atoms with Gasteiger partial charge in [0.25, 0.3) is 0 Å². The first-order valence-corrected chi connectivity index (χ1v) is 7.64. The van der Waals surface area contributed by atoms with E-state index in [-0.39, 0.29) is 11.8 Å². The second-order valence-corrected chi connectivity index (χ2v) is 5.87. The van der Waals surface area contributed by atoms with Gasteiger partial charge in [-0.25, -0.2) is 0 Å². The van der Waals surface area contributed by atoms with Crippen molar-refractivity contribution in [2.24, 2.45) is 5.92 Å². The first-order valence-electron chi connectivity index (χ1n) is 7.64. The Bertz CT molecular complexity index is 550. The number of amides is 2. The van der Waals surface area contributed by atoms with Crippen LogP contribution in [0.3, 0.4) is 0 Å². The molecule has 1 fully saturated rings. The number of piperidine rings is 1. The zero-order valence-electron chi connectivity index (χ0n) is 12.1. The summed E-state index contributed by atoms with van der Waals surface area (Å²) in [6.07, 6.45) is 3.99. The molecule has 0 unspecified atom stereocenters. The molecule has 2 aliphatic rings. The van der Waals surface area contributed by atoms with Crippen molar-refractivity contribution < 1.29 is 9.59 Å². The van der Waals surface area contributed by atoms with E-state index in [1.165, 1.54) is 0 Å². The Morgan fingerprint density at radius 3 is 2.86 bits per heavy atom. The minimum atomic E-state index is 0.0604. The van der Waals surface area contributed by atoms with Crippen molar-refractivity contribution in [1.29, 1.82) is 0 Å². The van der Waals surface area contributed by atoms with Gasteiger partial charge in [-0.3, -0.25) is 9.59 Å². The van der Waals surface area contributed by atoms with Crippen molar-refractivity contribution in [3.63, 3.8) is 0 Å². The number of fused-ring (bicyclic) bond motifs is 1. The minimum Gasteiger partial charge on any atom is -0.326 e. The molecule has 0 atom stereocenters. The van der Waals surface area contributed by atoms with Crippen molar-refractivity contribution >= 4 is 23.2 Å². The Morgan fingerprint density at radius 2 is 2.05 bits per heavy atom. The maximum Gasteiger partial charge on any atom is 0.224 e. The predicted octanol–water partition coefficient (Wildman–Crippen LogP) is 1.90. The molecule has 1 saturated heterocycles. The van der Waals surface area contributed by atoms with Gasteiger partial charge in [-0.05, 0) is 62.0 Å². The standard InChI is InChI=1S/C16H21N3O2/c20-15-4-1-12-10-13(2-3-14(12)19-15)18-16(21)9-11-5-7-17-8-6-11/h2-3,10-11,17H,1,4-9H2,(H,18,21)(H,19,20). The smallest absolute Gasteiger partial charge is 0.224 e. The van der Waals surface area contributed by atoms with E-state index in [2.05, 4.69) is 16.0 Å². The number of carbonyl (C=O) groups excluding carboxylic acids is 2. The molecule has 0 aliphatic carbocycles. The largest absolute Gasteiger partial charge is 0.326 e. The number of hydrogen-bond acceptors (Lipinski definition) is 3. The van der Waals surface area contributed by atoms with Crippen LogP contribution in [0.5, 0.6) is 0 Å². The molecule has 5 nitrogen and oxygen atoms in total. The normalized spacial score (nSPS) is 18.8. The average Bonchev–Trinajstić information content (AvgIpc) is 2.48. The molecule has 5 heteroatoms. The lowest BCUT2D eigenvalue weighted by atomic mass is 9.94. The van der Waals surface area contributed by atoms with Crippen molar-refractivity contribution in [2.75, 3.05) is 23.7 Å². The third-order valence-electron chi connectivity index (χ3n) is 4.22. The number of carbonyl (C=O) groups is 2. The zero-order valence-corrected chi connectivity index (χ0v) is 12.1. The Hall–Kier alpha value is -1.88. The van der Waals surface area contributed by atoms with Gasteiger partial charge in [-0.15, -0.1) is 0 Å². The topological polar surface area (TPSA) is 70.2 Å². The van der Waals surface area contributed by atoms with Crippen LogP contribution in [0.15, 0.2) is 18.2 Å². The molecule has 0 aromatic heterocycles. The first-order chi connectivity index (χ1) is 10.2. The number of aryl methyl sites for hydroxylation is 1. The lowest BCUT2D eigenvalue weighted by Crippen LogP contribution is -2.30. The highest BCUT2D eigenvalue weighted by Gasteiger charge is 2.18. The van der Waals surface area contributed by atoms with Crippen LogP contribution in [0, 0.1) is 5.92 Å². The van der Waals surface area contributed by atoms with Crippen LogP contribution in [-0.4, -0.2) is 24.9 Å². The van der Waals surface area contributed by atoms with Crippen molar-refractivity contribution in [3.05, 3.63) is 23.8 Å². The molecule has 3 rings (SSSR count). The van der Waals surface area contributed by atoms with E-state index in [0.717, 1.165) is 49.3 Å². The van der Waals surface area contributed by atoms with E-state index in [1.54, 1.807) is 0 Å². The second kappa shape index (κ2) is 6.26. The number of hydrogen-bond donors (Lipinski definition) is 3. The van der Waals surface area contributed by atoms with Gasteiger partial charge in [-0.2, -0.15) is 0 Å². The van der Waals surface area contributed by atoms with E-state index in [4.69, 9.17) is 0 Å². The number of rotatable bonds is 3. The van der Waals surface area contributed by atoms with Gasteiger partial charge in [0.15, 0.2) is 0 Å². The van der Waals surface area contributed by atoms with E-state index < -0.39 is 0 Å². The summed E-state index contributed by atoms with van der Waals surface area (Å²) < 4.78 is 0. The molecule has 1 aromatic rings. The van der Waals surface area contributed by atoms with Gasteiger partial charge in [0, 0.05) is 24.2 Å². The average molecular weight is 287 g/mol. The highest BCUT2D eigenvalue weighted by molar-refractivity contribution is 5.95. The quantitative estimate of drug-likeness (QED) is 0.795. The lowest BCUT2D eigenvalue weighted by Gasteiger charge is -2.22. The summed E-state index contributed by atoms with van der Waals surface area (Å²) >= 11 is 0. The Kier molecular flexibility index (Phi) is 4.20. The van der Waals surface area contributed by atoms with Gasteiger partial charge in [0.05, 0.1) is 0 Å². The highest BCUT2D eigenvalue weighted by Crippen LogP contribution is 2.26. The summed E-state index contributed by atoms with van der Waals surface area (Å²) in [6.45, 7) is 2.02. The zero-order chi connectivity index (χ0) is 14.7. The van der Waals surface area contributed by atoms with Crippen LogP contribution < -0.4 is 16.0 Å².